The summed E-state index contributed by atoms with van der Waals surface area (Å²) < 4.78 is 28.3. The fraction of sp³-hybridized carbons (Fsp3) is 0.400. The molecule has 0 bridgehead atoms. The van der Waals surface area contributed by atoms with Crippen molar-refractivity contribution in [3.05, 3.63) is 36.1 Å². The van der Waals surface area contributed by atoms with E-state index in [1.54, 1.807) is 0 Å². The largest absolute Gasteiger partial charge is 0.459 e. The molecule has 3 rings (SSSR count). The van der Waals surface area contributed by atoms with Crippen molar-refractivity contribution in [2.75, 3.05) is 18.1 Å². The van der Waals surface area contributed by atoms with Crippen LogP contribution in [0.4, 0.5) is 4.79 Å². The highest BCUT2D eigenvalue weighted by atomic mass is 32.2. The Morgan fingerprint density at radius 1 is 1.27 bits per heavy atom. The van der Waals surface area contributed by atoms with Gasteiger partial charge in [-0.25, -0.2) is 13.2 Å². The van der Waals surface area contributed by atoms with Crippen molar-refractivity contribution in [2.45, 2.75) is 13.0 Å². The molecule has 1 aromatic carbocycles. The minimum atomic E-state index is -2.90. The van der Waals surface area contributed by atoms with E-state index in [1.165, 1.54) is 0 Å². The van der Waals surface area contributed by atoms with Gasteiger partial charge < -0.3 is 15.1 Å². The number of amides is 2. The molecule has 1 saturated heterocycles. The molecular formula is C15H18N2O4S. The van der Waals surface area contributed by atoms with Crippen LogP contribution in [0.3, 0.4) is 0 Å². The van der Waals surface area contributed by atoms with Crippen molar-refractivity contribution < 1.29 is 17.6 Å². The van der Waals surface area contributed by atoms with Crippen molar-refractivity contribution >= 4 is 26.8 Å². The zero-order valence-corrected chi connectivity index (χ0v) is 12.9. The van der Waals surface area contributed by atoms with Gasteiger partial charge in [0.2, 0.25) is 0 Å². The summed E-state index contributed by atoms with van der Waals surface area (Å²) in [7, 11) is -2.90. The molecule has 1 atom stereocenters. The Labute approximate surface area is 128 Å². The Kier molecular flexibility index (Phi) is 4.06. The first-order valence-electron chi connectivity index (χ1n) is 7.21. The van der Waals surface area contributed by atoms with Crippen molar-refractivity contribution in [2.24, 2.45) is 5.92 Å². The number of furan rings is 1. The lowest BCUT2D eigenvalue weighted by Gasteiger charge is -2.10. The van der Waals surface area contributed by atoms with Gasteiger partial charge in [-0.1, -0.05) is 18.2 Å². The number of urea groups is 1. The number of rotatable bonds is 4. The van der Waals surface area contributed by atoms with Gasteiger partial charge in [0.1, 0.15) is 11.3 Å². The van der Waals surface area contributed by atoms with Crippen LogP contribution in [-0.2, 0) is 16.4 Å². The van der Waals surface area contributed by atoms with Crippen LogP contribution in [-0.4, -0.2) is 32.5 Å². The molecule has 22 heavy (non-hydrogen) atoms. The first-order chi connectivity index (χ1) is 10.5. The smallest absolute Gasteiger partial charge is 0.315 e. The molecule has 2 heterocycles. The summed E-state index contributed by atoms with van der Waals surface area (Å²) >= 11 is 0. The fourth-order valence-corrected chi connectivity index (χ4v) is 4.49. The first kappa shape index (κ1) is 14.9. The molecule has 1 aliphatic rings. The van der Waals surface area contributed by atoms with E-state index < -0.39 is 9.84 Å². The van der Waals surface area contributed by atoms with Crippen molar-refractivity contribution in [1.29, 1.82) is 0 Å². The minimum Gasteiger partial charge on any atom is -0.459 e. The van der Waals surface area contributed by atoms with Crippen LogP contribution in [0.2, 0.25) is 0 Å². The third-order valence-electron chi connectivity index (χ3n) is 3.78. The molecule has 2 aromatic rings. The number of benzene rings is 1. The molecule has 2 amide bonds. The number of para-hydroxylation sites is 1. The first-order valence-corrected chi connectivity index (χ1v) is 9.03. The summed E-state index contributed by atoms with van der Waals surface area (Å²) in [6.45, 7) is 0.675. The molecular weight excluding hydrogens is 304 g/mol. The second kappa shape index (κ2) is 6.00. The lowest BCUT2D eigenvalue weighted by molar-refractivity contribution is 0.238. The van der Waals surface area contributed by atoms with Crippen LogP contribution in [0.5, 0.6) is 0 Å². The second-order valence-electron chi connectivity index (χ2n) is 5.58. The Morgan fingerprint density at radius 3 is 2.82 bits per heavy atom. The molecule has 0 unspecified atom stereocenters. The molecule has 2 N–H and O–H groups in total. The van der Waals surface area contributed by atoms with E-state index >= 15 is 0 Å². The Morgan fingerprint density at radius 2 is 2.09 bits per heavy atom. The maximum absolute atomic E-state index is 11.7. The molecule has 6 nitrogen and oxygen atoms in total. The lowest BCUT2D eigenvalue weighted by Crippen LogP contribution is -2.38. The zero-order chi connectivity index (χ0) is 15.6. The molecule has 0 spiro atoms. The quantitative estimate of drug-likeness (QED) is 0.896. The summed E-state index contributed by atoms with van der Waals surface area (Å²) in [5.41, 5.74) is 0.788. The minimum absolute atomic E-state index is 0.0157. The standard InChI is InChI=1S/C15H18N2O4S/c18-15(16-8-11-5-6-22(19,20)10-11)17-9-13-7-12-3-1-2-4-14(12)21-13/h1-4,7,11H,5-6,8-10H2,(H2,16,17,18)/t11-/m0/s1. The SMILES string of the molecule is O=C(NCc1cc2ccccc2o1)NC[C@@H]1CCS(=O)(=O)C1. The number of hydrogen-bond donors (Lipinski definition) is 2. The summed E-state index contributed by atoms with van der Waals surface area (Å²) in [4.78, 5) is 11.7. The Bertz CT molecular complexity index is 749. The van der Waals surface area contributed by atoms with E-state index in [4.69, 9.17) is 4.42 Å². The number of nitrogens with one attached hydrogen (secondary N) is 2. The van der Waals surface area contributed by atoms with Crippen LogP contribution >= 0.6 is 0 Å². The highest BCUT2D eigenvalue weighted by Crippen LogP contribution is 2.19. The van der Waals surface area contributed by atoms with Gasteiger partial charge >= 0.3 is 6.03 Å². The number of carbonyl (C=O) groups excluding carboxylic acids is 1. The third-order valence-corrected chi connectivity index (χ3v) is 5.61. The Hall–Kier alpha value is -2.02. The summed E-state index contributed by atoms with van der Waals surface area (Å²) in [6, 6.07) is 9.22. The summed E-state index contributed by atoms with van der Waals surface area (Å²) in [5, 5.41) is 6.42. The van der Waals surface area contributed by atoms with Gasteiger partial charge in [0, 0.05) is 11.9 Å². The monoisotopic (exact) mass is 322 g/mol. The third kappa shape index (κ3) is 3.59. The lowest BCUT2D eigenvalue weighted by atomic mass is 10.1. The number of hydrogen-bond acceptors (Lipinski definition) is 4. The average Bonchev–Trinajstić information content (AvgIpc) is 3.05. The van der Waals surface area contributed by atoms with Crippen molar-refractivity contribution in [3.63, 3.8) is 0 Å². The van der Waals surface area contributed by atoms with E-state index in [2.05, 4.69) is 10.6 Å². The van der Waals surface area contributed by atoms with E-state index in [0.29, 0.717) is 25.3 Å². The Balaban J connectivity index is 1.46. The topological polar surface area (TPSA) is 88.4 Å². The number of fused-ring (bicyclic) bond motifs is 1. The van der Waals surface area contributed by atoms with Gasteiger partial charge in [-0.15, -0.1) is 0 Å². The maximum Gasteiger partial charge on any atom is 0.315 e. The van der Waals surface area contributed by atoms with Gasteiger partial charge in [-0.3, -0.25) is 0 Å². The summed E-state index contributed by atoms with van der Waals surface area (Å²) in [5.74, 6) is 1.08. The van der Waals surface area contributed by atoms with E-state index in [-0.39, 0.29) is 23.5 Å². The van der Waals surface area contributed by atoms with Crippen LogP contribution in [0.15, 0.2) is 34.7 Å². The van der Waals surface area contributed by atoms with E-state index in [0.717, 1.165) is 11.0 Å². The second-order valence-corrected chi connectivity index (χ2v) is 7.81. The highest BCUT2D eigenvalue weighted by molar-refractivity contribution is 7.91. The van der Waals surface area contributed by atoms with Crippen LogP contribution < -0.4 is 10.6 Å². The molecule has 1 fully saturated rings. The van der Waals surface area contributed by atoms with Crippen LogP contribution in [0, 0.1) is 5.92 Å². The molecule has 118 valence electrons. The molecule has 1 aromatic heterocycles. The van der Waals surface area contributed by atoms with Crippen LogP contribution in [0.1, 0.15) is 12.2 Å². The average molecular weight is 322 g/mol. The number of sulfone groups is 1. The maximum atomic E-state index is 11.7. The predicted molar refractivity (Wildman–Crippen MR) is 83.2 cm³/mol. The van der Waals surface area contributed by atoms with Crippen LogP contribution in [0.25, 0.3) is 11.0 Å². The normalized spacial score (nSPS) is 20.1. The predicted octanol–water partition coefficient (Wildman–Crippen LogP) is 1.67. The molecule has 1 aliphatic heterocycles. The highest BCUT2D eigenvalue weighted by Gasteiger charge is 2.27. The zero-order valence-electron chi connectivity index (χ0n) is 12.0. The molecule has 7 heteroatoms. The number of carbonyl (C=O) groups is 1. The van der Waals surface area contributed by atoms with Gasteiger partial charge in [0.25, 0.3) is 0 Å². The van der Waals surface area contributed by atoms with E-state index in [9.17, 15) is 13.2 Å². The van der Waals surface area contributed by atoms with Gasteiger partial charge in [-0.2, -0.15) is 0 Å². The fourth-order valence-electron chi connectivity index (χ4n) is 2.62. The van der Waals surface area contributed by atoms with E-state index in [1.807, 2.05) is 30.3 Å². The summed E-state index contributed by atoms with van der Waals surface area (Å²) in [6.07, 6.45) is 0.617. The van der Waals surface area contributed by atoms with Gasteiger partial charge in [-0.05, 0) is 24.5 Å². The van der Waals surface area contributed by atoms with Gasteiger partial charge in [0.05, 0.1) is 18.1 Å². The van der Waals surface area contributed by atoms with Crippen molar-refractivity contribution in [1.82, 2.24) is 10.6 Å². The van der Waals surface area contributed by atoms with Gasteiger partial charge in [0.15, 0.2) is 9.84 Å². The van der Waals surface area contributed by atoms with Crippen molar-refractivity contribution in [3.8, 4) is 0 Å². The molecule has 0 saturated carbocycles. The molecule has 0 aliphatic carbocycles. The molecule has 0 radical (unpaired) electrons.